The van der Waals surface area contributed by atoms with E-state index in [9.17, 15) is 9.59 Å². The molecule has 154 valence electrons. The number of aromatic nitrogens is 2. The zero-order valence-electron chi connectivity index (χ0n) is 16.2. The fraction of sp³-hybridized carbons (Fsp3) is 0.550. The second-order valence-corrected chi connectivity index (χ2v) is 8.18. The lowest BCUT2D eigenvalue weighted by Gasteiger charge is -2.36. The highest BCUT2D eigenvalue weighted by molar-refractivity contribution is 6.08. The monoisotopic (exact) mass is 400 g/mol. The van der Waals surface area contributed by atoms with Gasteiger partial charge >= 0.3 is 6.03 Å². The second-order valence-electron chi connectivity index (χ2n) is 8.18. The molecule has 0 radical (unpaired) electrons. The molecule has 3 aliphatic heterocycles. The van der Waals surface area contributed by atoms with E-state index in [-0.39, 0.29) is 30.6 Å². The summed E-state index contributed by atoms with van der Waals surface area (Å²) in [5.41, 5.74) is 1.43. The topological polar surface area (TPSA) is 93.4 Å². The van der Waals surface area contributed by atoms with Crippen LogP contribution in [-0.2, 0) is 4.79 Å². The second kappa shape index (κ2) is 7.38. The van der Waals surface area contributed by atoms with Crippen molar-refractivity contribution in [2.75, 3.05) is 37.6 Å². The molecule has 5 rings (SSSR count). The summed E-state index contributed by atoms with van der Waals surface area (Å²) in [4.78, 5) is 27.4. The number of urea groups is 1. The van der Waals surface area contributed by atoms with Crippen molar-refractivity contribution in [1.29, 1.82) is 0 Å². The Bertz CT molecular complexity index is 946. The molecular formula is C20H25FN6O2. The average Bonchev–Trinajstić information content (AvgIpc) is 3.38. The number of anilines is 1. The standard InChI is InChI=1S/C20H25FN6O2/c21-16-9-15-17(24-25-19(15)27-8-4-18(28)23-20(27)29)10-14(16)12-2-6-26(7-3-12)13-1-5-22-11-13/h9-10,12-13,22H,1-8,11H2,(H,24,25)(H,23,28,29). The molecule has 0 aliphatic carbocycles. The third-order valence-electron chi connectivity index (χ3n) is 6.49. The Balaban J connectivity index is 1.36. The van der Waals surface area contributed by atoms with E-state index in [2.05, 4.69) is 25.7 Å². The van der Waals surface area contributed by atoms with Gasteiger partial charge in [0.2, 0.25) is 5.91 Å². The van der Waals surface area contributed by atoms with Crippen LogP contribution in [0.3, 0.4) is 0 Å². The molecule has 4 heterocycles. The lowest BCUT2D eigenvalue weighted by atomic mass is 9.88. The number of fused-ring (bicyclic) bond motifs is 1. The normalized spacial score (nSPS) is 24.4. The van der Waals surface area contributed by atoms with Gasteiger partial charge in [0.1, 0.15) is 5.82 Å². The van der Waals surface area contributed by atoms with Crippen molar-refractivity contribution in [1.82, 2.24) is 25.7 Å². The number of rotatable bonds is 3. The van der Waals surface area contributed by atoms with Crippen LogP contribution in [0.15, 0.2) is 12.1 Å². The van der Waals surface area contributed by atoms with Crippen molar-refractivity contribution in [3.63, 3.8) is 0 Å². The molecule has 3 saturated heterocycles. The Morgan fingerprint density at radius 3 is 2.66 bits per heavy atom. The third kappa shape index (κ3) is 3.38. The van der Waals surface area contributed by atoms with E-state index in [1.165, 1.54) is 17.4 Å². The molecule has 1 aromatic carbocycles. The highest BCUT2D eigenvalue weighted by Crippen LogP contribution is 2.35. The minimum Gasteiger partial charge on any atom is -0.315 e. The van der Waals surface area contributed by atoms with Crippen molar-refractivity contribution in [3.05, 3.63) is 23.5 Å². The molecule has 0 spiro atoms. The SMILES string of the molecule is O=C1CCN(c2n[nH]c3cc(C4CCN(C5CCNC5)CC4)c(F)cc23)C(=O)N1. The first-order valence-corrected chi connectivity index (χ1v) is 10.3. The lowest BCUT2D eigenvalue weighted by molar-refractivity contribution is -0.120. The van der Waals surface area contributed by atoms with Gasteiger partial charge in [-0.25, -0.2) is 9.18 Å². The molecule has 0 saturated carbocycles. The van der Waals surface area contributed by atoms with Gasteiger partial charge in [-0.2, -0.15) is 5.10 Å². The lowest BCUT2D eigenvalue weighted by Crippen LogP contribution is -2.49. The van der Waals surface area contributed by atoms with Crippen LogP contribution in [0.4, 0.5) is 15.0 Å². The van der Waals surface area contributed by atoms with Crippen LogP contribution in [0, 0.1) is 5.82 Å². The number of carbonyl (C=O) groups is 2. The van der Waals surface area contributed by atoms with E-state index in [1.54, 1.807) is 0 Å². The van der Waals surface area contributed by atoms with E-state index in [4.69, 9.17) is 0 Å². The largest absolute Gasteiger partial charge is 0.329 e. The molecule has 1 aromatic heterocycles. The molecule has 8 nitrogen and oxygen atoms in total. The number of imide groups is 1. The molecule has 29 heavy (non-hydrogen) atoms. The van der Waals surface area contributed by atoms with Crippen molar-refractivity contribution in [2.45, 2.75) is 37.6 Å². The highest BCUT2D eigenvalue weighted by Gasteiger charge is 2.31. The summed E-state index contributed by atoms with van der Waals surface area (Å²) >= 11 is 0. The van der Waals surface area contributed by atoms with Gasteiger partial charge in [0.15, 0.2) is 5.82 Å². The molecule has 1 atom stereocenters. The molecule has 9 heteroatoms. The van der Waals surface area contributed by atoms with E-state index >= 15 is 4.39 Å². The van der Waals surface area contributed by atoms with Crippen molar-refractivity contribution < 1.29 is 14.0 Å². The minimum absolute atomic E-state index is 0.188. The van der Waals surface area contributed by atoms with Gasteiger partial charge in [0.25, 0.3) is 0 Å². The molecule has 3 fully saturated rings. The van der Waals surface area contributed by atoms with Gasteiger partial charge in [-0.05, 0) is 62.5 Å². The fourth-order valence-corrected chi connectivity index (χ4v) is 4.85. The number of aromatic amines is 1. The van der Waals surface area contributed by atoms with Crippen LogP contribution in [0.5, 0.6) is 0 Å². The van der Waals surface area contributed by atoms with Crippen molar-refractivity contribution in [2.24, 2.45) is 0 Å². The number of benzene rings is 1. The maximum atomic E-state index is 15.0. The molecule has 3 amide bonds. The van der Waals surface area contributed by atoms with Gasteiger partial charge in [0, 0.05) is 30.9 Å². The number of carbonyl (C=O) groups excluding carboxylic acids is 2. The summed E-state index contributed by atoms with van der Waals surface area (Å²) in [5, 5.41) is 13.4. The van der Waals surface area contributed by atoms with Crippen LogP contribution >= 0.6 is 0 Å². The van der Waals surface area contributed by atoms with Crippen LogP contribution < -0.4 is 15.5 Å². The number of halogens is 1. The molecular weight excluding hydrogens is 375 g/mol. The van der Waals surface area contributed by atoms with E-state index in [1.807, 2.05) is 6.07 Å². The predicted molar refractivity (Wildman–Crippen MR) is 106 cm³/mol. The van der Waals surface area contributed by atoms with Crippen LogP contribution in [-0.4, -0.2) is 65.8 Å². The van der Waals surface area contributed by atoms with Crippen LogP contribution in [0.25, 0.3) is 10.9 Å². The minimum atomic E-state index is -0.520. The van der Waals surface area contributed by atoms with E-state index < -0.39 is 6.03 Å². The van der Waals surface area contributed by atoms with Gasteiger partial charge in [0.05, 0.1) is 5.52 Å². The Labute approximate surface area is 167 Å². The summed E-state index contributed by atoms with van der Waals surface area (Å²) < 4.78 is 15.0. The number of nitrogens with one attached hydrogen (secondary N) is 3. The molecule has 3 N–H and O–H groups in total. The number of amides is 3. The predicted octanol–water partition coefficient (Wildman–Crippen LogP) is 1.69. The van der Waals surface area contributed by atoms with Gasteiger partial charge in [-0.15, -0.1) is 0 Å². The van der Waals surface area contributed by atoms with Gasteiger partial charge < -0.3 is 5.32 Å². The number of H-pyrrole nitrogens is 1. The first-order chi connectivity index (χ1) is 14.1. The Morgan fingerprint density at radius 2 is 1.93 bits per heavy atom. The quantitative estimate of drug-likeness (QED) is 0.729. The fourth-order valence-electron chi connectivity index (χ4n) is 4.85. The molecule has 1 unspecified atom stereocenters. The zero-order chi connectivity index (χ0) is 20.0. The first-order valence-electron chi connectivity index (χ1n) is 10.3. The van der Waals surface area contributed by atoms with E-state index in [0.29, 0.717) is 22.8 Å². The smallest absolute Gasteiger partial charge is 0.315 e. The molecule has 2 aromatic rings. The summed E-state index contributed by atoms with van der Waals surface area (Å²) in [5.74, 6) is -0.0133. The Kier molecular flexibility index (Phi) is 4.71. The van der Waals surface area contributed by atoms with Gasteiger partial charge in [-0.3, -0.25) is 25.0 Å². The third-order valence-corrected chi connectivity index (χ3v) is 6.49. The highest BCUT2D eigenvalue weighted by atomic mass is 19.1. The Morgan fingerprint density at radius 1 is 1.10 bits per heavy atom. The van der Waals surface area contributed by atoms with E-state index in [0.717, 1.165) is 44.6 Å². The molecule has 3 aliphatic rings. The number of hydrogen-bond donors (Lipinski definition) is 3. The summed E-state index contributed by atoms with van der Waals surface area (Å²) in [6.07, 6.45) is 3.28. The number of piperidine rings is 1. The number of likely N-dealkylation sites (tertiary alicyclic amines) is 1. The number of hydrogen-bond acceptors (Lipinski definition) is 5. The van der Waals surface area contributed by atoms with Crippen molar-refractivity contribution >= 4 is 28.7 Å². The molecule has 0 bridgehead atoms. The maximum Gasteiger partial charge on any atom is 0.329 e. The summed E-state index contributed by atoms with van der Waals surface area (Å²) in [6, 6.07) is 3.40. The van der Waals surface area contributed by atoms with Gasteiger partial charge in [-0.1, -0.05) is 0 Å². The van der Waals surface area contributed by atoms with Crippen molar-refractivity contribution in [3.8, 4) is 0 Å². The number of nitrogens with zero attached hydrogens (tertiary/aromatic N) is 3. The zero-order valence-corrected chi connectivity index (χ0v) is 16.2. The van der Waals surface area contributed by atoms with Crippen LogP contribution in [0.1, 0.15) is 37.2 Å². The first kappa shape index (κ1) is 18.5. The van der Waals surface area contributed by atoms with Crippen LogP contribution in [0.2, 0.25) is 0 Å². The maximum absolute atomic E-state index is 15.0. The summed E-state index contributed by atoms with van der Waals surface area (Å²) in [7, 11) is 0. The Hall–Kier alpha value is -2.52. The summed E-state index contributed by atoms with van der Waals surface area (Å²) in [6.45, 7) is 4.36. The average molecular weight is 400 g/mol.